The number of hydrogen-bond acceptors (Lipinski definition) is 3. The van der Waals surface area contributed by atoms with Crippen molar-refractivity contribution in [3.05, 3.63) is 59.3 Å². The van der Waals surface area contributed by atoms with Gasteiger partial charge in [0.15, 0.2) is 0 Å². The van der Waals surface area contributed by atoms with Crippen LogP contribution in [0, 0.1) is 5.92 Å². The number of rotatable bonds is 4. The Kier molecular flexibility index (Phi) is 4.86. The number of halogens is 1. The van der Waals surface area contributed by atoms with Crippen molar-refractivity contribution in [2.75, 3.05) is 13.1 Å². The summed E-state index contributed by atoms with van der Waals surface area (Å²) < 4.78 is 30.3. The van der Waals surface area contributed by atoms with Gasteiger partial charge in [0.25, 0.3) is 0 Å². The van der Waals surface area contributed by atoms with Crippen LogP contribution in [-0.4, -0.2) is 35.4 Å². The van der Waals surface area contributed by atoms with Gasteiger partial charge in [-0.25, -0.2) is 13.4 Å². The zero-order chi connectivity index (χ0) is 18.1. The number of hydrogen-bond donors (Lipinski definition) is 0. The van der Waals surface area contributed by atoms with Crippen molar-refractivity contribution in [2.24, 2.45) is 5.92 Å². The average Bonchev–Trinajstić information content (AvgIpc) is 3.06. The Balaban J connectivity index is 1.43. The molecule has 3 aromatic rings. The lowest BCUT2D eigenvalue weighted by molar-refractivity contribution is 0.254. The van der Waals surface area contributed by atoms with Crippen LogP contribution in [0.2, 0.25) is 0 Å². The molecule has 0 spiro atoms. The van der Waals surface area contributed by atoms with E-state index in [2.05, 4.69) is 31.5 Å². The SMILES string of the molecule is O=S(=O)(c1ccc(Br)cc1)N1CCC(Cn2cnc3ccccc32)CC1. The minimum Gasteiger partial charge on any atom is -0.330 e. The van der Waals surface area contributed by atoms with Crippen LogP contribution in [0.1, 0.15) is 12.8 Å². The van der Waals surface area contributed by atoms with Crippen molar-refractivity contribution in [3.63, 3.8) is 0 Å². The number of fused-ring (bicyclic) bond motifs is 1. The van der Waals surface area contributed by atoms with Crippen LogP contribution < -0.4 is 0 Å². The second-order valence-corrected chi connectivity index (χ2v) is 9.54. The summed E-state index contributed by atoms with van der Waals surface area (Å²) in [6.45, 7) is 2.01. The fourth-order valence-corrected chi connectivity index (χ4v) is 5.26. The third-order valence-corrected chi connectivity index (χ3v) is 7.45. The van der Waals surface area contributed by atoms with Crippen molar-refractivity contribution in [2.45, 2.75) is 24.3 Å². The van der Waals surface area contributed by atoms with E-state index >= 15 is 0 Å². The number of sulfonamides is 1. The number of piperidine rings is 1. The van der Waals surface area contributed by atoms with Crippen molar-refractivity contribution in [3.8, 4) is 0 Å². The smallest absolute Gasteiger partial charge is 0.243 e. The van der Waals surface area contributed by atoms with Gasteiger partial charge in [0, 0.05) is 24.1 Å². The summed E-state index contributed by atoms with van der Waals surface area (Å²) in [5.41, 5.74) is 2.14. The maximum absolute atomic E-state index is 12.8. The number of benzene rings is 2. The van der Waals surface area contributed by atoms with Crippen LogP contribution in [0.4, 0.5) is 0 Å². The van der Waals surface area contributed by atoms with Gasteiger partial charge >= 0.3 is 0 Å². The Morgan fingerprint density at radius 1 is 1.04 bits per heavy atom. The van der Waals surface area contributed by atoms with Crippen LogP contribution in [0.15, 0.2) is 64.2 Å². The first-order valence-electron chi connectivity index (χ1n) is 8.69. The second-order valence-electron chi connectivity index (χ2n) is 6.69. The summed E-state index contributed by atoms with van der Waals surface area (Å²) in [4.78, 5) is 4.80. The van der Waals surface area contributed by atoms with E-state index in [0.29, 0.717) is 23.9 Å². The van der Waals surface area contributed by atoms with Gasteiger partial charge in [-0.3, -0.25) is 0 Å². The highest BCUT2D eigenvalue weighted by atomic mass is 79.9. The van der Waals surface area contributed by atoms with Gasteiger partial charge in [0.1, 0.15) is 0 Å². The molecule has 0 unspecified atom stereocenters. The van der Waals surface area contributed by atoms with E-state index in [1.165, 1.54) is 0 Å². The lowest BCUT2D eigenvalue weighted by Crippen LogP contribution is -2.39. The van der Waals surface area contributed by atoms with Crippen molar-refractivity contribution >= 4 is 37.0 Å². The molecule has 0 bridgehead atoms. The minimum atomic E-state index is -3.41. The Bertz CT molecular complexity index is 1010. The summed E-state index contributed by atoms with van der Waals surface area (Å²) in [7, 11) is -3.41. The molecule has 1 aliphatic rings. The molecular formula is C19H20BrN3O2S. The summed E-state index contributed by atoms with van der Waals surface area (Å²) in [6.07, 6.45) is 3.61. The molecule has 136 valence electrons. The molecule has 0 N–H and O–H groups in total. The van der Waals surface area contributed by atoms with Crippen molar-refractivity contribution < 1.29 is 8.42 Å². The zero-order valence-electron chi connectivity index (χ0n) is 14.3. The van der Waals surface area contributed by atoms with Crippen LogP contribution in [0.5, 0.6) is 0 Å². The van der Waals surface area contributed by atoms with E-state index in [1.54, 1.807) is 28.6 Å². The van der Waals surface area contributed by atoms with E-state index in [-0.39, 0.29) is 0 Å². The van der Waals surface area contributed by atoms with Gasteiger partial charge in [-0.1, -0.05) is 28.1 Å². The quantitative estimate of drug-likeness (QED) is 0.626. The summed E-state index contributed by atoms with van der Waals surface area (Å²) >= 11 is 3.35. The summed E-state index contributed by atoms with van der Waals surface area (Å²) in [5, 5.41) is 0. The van der Waals surface area contributed by atoms with Gasteiger partial charge in [-0.2, -0.15) is 4.31 Å². The highest BCUT2D eigenvalue weighted by molar-refractivity contribution is 9.10. The van der Waals surface area contributed by atoms with Crippen LogP contribution in [0.3, 0.4) is 0 Å². The zero-order valence-corrected chi connectivity index (χ0v) is 16.7. The van der Waals surface area contributed by atoms with Gasteiger partial charge in [0.05, 0.1) is 22.3 Å². The fraction of sp³-hybridized carbons (Fsp3) is 0.316. The fourth-order valence-electron chi connectivity index (χ4n) is 3.52. The molecule has 2 heterocycles. The van der Waals surface area contributed by atoms with Gasteiger partial charge in [0.2, 0.25) is 10.0 Å². The Morgan fingerprint density at radius 2 is 1.73 bits per heavy atom. The lowest BCUT2D eigenvalue weighted by Gasteiger charge is -2.31. The lowest BCUT2D eigenvalue weighted by atomic mass is 9.98. The van der Waals surface area contributed by atoms with E-state index in [0.717, 1.165) is 34.9 Å². The summed E-state index contributed by atoms with van der Waals surface area (Å²) in [6, 6.07) is 15.0. The molecule has 5 nitrogen and oxygen atoms in total. The largest absolute Gasteiger partial charge is 0.330 e. The van der Waals surface area contributed by atoms with Crippen LogP contribution in [-0.2, 0) is 16.6 Å². The Labute approximate surface area is 161 Å². The molecule has 2 aromatic carbocycles. The molecule has 4 rings (SSSR count). The minimum absolute atomic E-state index is 0.361. The topological polar surface area (TPSA) is 55.2 Å². The molecular weight excluding hydrogens is 414 g/mol. The van der Waals surface area contributed by atoms with Crippen LogP contribution >= 0.6 is 15.9 Å². The molecule has 26 heavy (non-hydrogen) atoms. The number of nitrogens with zero attached hydrogens (tertiary/aromatic N) is 3. The number of para-hydroxylation sites is 2. The highest BCUT2D eigenvalue weighted by Gasteiger charge is 2.29. The third-order valence-electron chi connectivity index (χ3n) is 5.01. The molecule has 1 fully saturated rings. The second kappa shape index (κ2) is 7.13. The van der Waals surface area contributed by atoms with E-state index in [1.807, 2.05) is 24.5 Å². The normalized spacial score (nSPS) is 17.0. The predicted molar refractivity (Wildman–Crippen MR) is 105 cm³/mol. The van der Waals surface area contributed by atoms with Gasteiger partial charge in [-0.15, -0.1) is 0 Å². The molecule has 1 aromatic heterocycles. The highest BCUT2D eigenvalue weighted by Crippen LogP contribution is 2.26. The molecule has 0 aliphatic carbocycles. The van der Waals surface area contributed by atoms with Crippen molar-refractivity contribution in [1.82, 2.24) is 13.9 Å². The van der Waals surface area contributed by atoms with E-state index < -0.39 is 10.0 Å². The monoisotopic (exact) mass is 433 g/mol. The van der Waals surface area contributed by atoms with E-state index in [9.17, 15) is 8.42 Å². The van der Waals surface area contributed by atoms with Gasteiger partial charge < -0.3 is 4.57 Å². The number of aromatic nitrogens is 2. The first kappa shape index (κ1) is 17.7. The molecule has 0 amide bonds. The summed E-state index contributed by atoms with van der Waals surface area (Å²) in [5.74, 6) is 0.462. The molecule has 0 atom stereocenters. The van der Waals surface area contributed by atoms with Gasteiger partial charge in [-0.05, 0) is 55.2 Å². The molecule has 1 aliphatic heterocycles. The maximum atomic E-state index is 12.8. The Hall–Kier alpha value is -1.70. The molecule has 0 radical (unpaired) electrons. The number of imidazole rings is 1. The molecule has 7 heteroatoms. The van der Waals surface area contributed by atoms with Crippen LogP contribution in [0.25, 0.3) is 11.0 Å². The average molecular weight is 434 g/mol. The molecule has 0 saturated carbocycles. The van der Waals surface area contributed by atoms with E-state index in [4.69, 9.17) is 0 Å². The van der Waals surface area contributed by atoms with Crippen molar-refractivity contribution in [1.29, 1.82) is 0 Å². The molecule has 1 saturated heterocycles. The first-order valence-corrected chi connectivity index (χ1v) is 10.9. The Morgan fingerprint density at radius 3 is 2.46 bits per heavy atom. The predicted octanol–water partition coefficient (Wildman–Crippen LogP) is 3.90. The first-order chi connectivity index (χ1) is 12.5. The standard InChI is InChI=1S/C19H20BrN3O2S/c20-16-5-7-17(8-6-16)26(24,25)23-11-9-15(10-12-23)13-22-14-21-18-3-1-2-4-19(18)22/h1-8,14-15H,9-13H2. The third kappa shape index (κ3) is 3.43. The maximum Gasteiger partial charge on any atom is 0.243 e.